The summed E-state index contributed by atoms with van der Waals surface area (Å²) in [6.07, 6.45) is 0. The topological polar surface area (TPSA) is 4.93 Å². The number of hydrogen-bond acceptors (Lipinski definition) is 0. The molecule has 1 heterocycles. The summed E-state index contributed by atoms with van der Waals surface area (Å²) in [5.74, 6) is 0. The Morgan fingerprint density at radius 1 is 0.286 bits per heavy atom. The van der Waals surface area contributed by atoms with E-state index in [2.05, 4.69) is 193 Å². The van der Waals surface area contributed by atoms with E-state index < -0.39 is 0 Å². The van der Waals surface area contributed by atoms with Crippen LogP contribution in [0.25, 0.3) is 93.2 Å². The second kappa shape index (κ2) is 11.1. The summed E-state index contributed by atoms with van der Waals surface area (Å²) >= 11 is 0. The Labute approximate surface area is 284 Å². The Balaban J connectivity index is 1.23. The number of para-hydroxylation sites is 2. The largest absolute Gasteiger partial charge is 0.309 e. The van der Waals surface area contributed by atoms with Crippen molar-refractivity contribution in [3.63, 3.8) is 0 Å². The summed E-state index contributed by atoms with van der Waals surface area (Å²) in [5.41, 5.74) is 11.1. The highest BCUT2D eigenvalue weighted by molar-refractivity contribution is 6.23. The van der Waals surface area contributed by atoms with Gasteiger partial charge in [-0.1, -0.05) is 152 Å². The van der Waals surface area contributed by atoms with Gasteiger partial charge in [0.2, 0.25) is 0 Å². The molecule has 0 spiro atoms. The van der Waals surface area contributed by atoms with Crippen LogP contribution in [-0.4, -0.2) is 4.57 Å². The summed E-state index contributed by atoms with van der Waals surface area (Å²) in [4.78, 5) is 0. The fraction of sp³-hybridized carbons (Fsp3) is 0. The number of aromatic nitrogens is 1. The predicted molar refractivity (Wildman–Crippen MR) is 210 cm³/mol. The van der Waals surface area contributed by atoms with Crippen molar-refractivity contribution in [2.45, 2.75) is 0 Å². The molecule has 9 aromatic carbocycles. The normalized spacial score (nSPS) is 11.7. The fourth-order valence-corrected chi connectivity index (χ4v) is 8.01. The predicted octanol–water partition coefficient (Wildman–Crippen LogP) is 13.2. The van der Waals surface area contributed by atoms with Crippen molar-refractivity contribution < 1.29 is 0 Å². The standard InChI is InChI=1S/C48H31N/c1-2-14-32(15-3-1)43-30-34-16-4-5-17-35(34)31-44(43)48-41-22-8-6-20-39(41)47(40-21-7-9-23-42(40)48)33-26-28-36(29-27-33)49-45-24-12-10-18-37(45)38-19-11-13-25-46(38)49/h1-31H. The quantitative estimate of drug-likeness (QED) is 0.172. The monoisotopic (exact) mass is 621 g/mol. The SMILES string of the molecule is c1ccc(-c2cc3ccccc3cc2-c2c3ccccc3c(-c3ccc(-n4c5ccccc5c5ccccc54)cc3)c3ccccc23)cc1. The number of fused-ring (bicyclic) bond motifs is 6. The molecule has 1 heteroatoms. The lowest BCUT2D eigenvalue weighted by Gasteiger charge is -2.20. The van der Waals surface area contributed by atoms with Crippen LogP contribution < -0.4 is 0 Å². The Hall–Kier alpha value is -6.44. The van der Waals surface area contributed by atoms with Gasteiger partial charge in [0.1, 0.15) is 0 Å². The Morgan fingerprint density at radius 2 is 0.714 bits per heavy atom. The third kappa shape index (κ3) is 4.33. The Bertz CT molecular complexity index is 2750. The second-order valence-electron chi connectivity index (χ2n) is 12.9. The highest BCUT2D eigenvalue weighted by Gasteiger charge is 2.20. The van der Waals surface area contributed by atoms with Crippen LogP contribution in [0.4, 0.5) is 0 Å². The van der Waals surface area contributed by atoms with Crippen LogP contribution in [0.15, 0.2) is 188 Å². The molecule has 0 aliphatic rings. The summed E-state index contributed by atoms with van der Waals surface area (Å²) in [6.45, 7) is 0. The zero-order valence-corrected chi connectivity index (χ0v) is 26.8. The molecule has 10 rings (SSSR count). The number of benzene rings is 9. The summed E-state index contributed by atoms with van der Waals surface area (Å²) < 4.78 is 2.39. The van der Waals surface area contributed by atoms with Crippen molar-refractivity contribution in [3.8, 4) is 39.1 Å². The minimum absolute atomic E-state index is 1.16. The van der Waals surface area contributed by atoms with Crippen LogP contribution >= 0.6 is 0 Å². The van der Waals surface area contributed by atoms with Crippen molar-refractivity contribution in [1.82, 2.24) is 4.57 Å². The molecule has 0 saturated heterocycles. The second-order valence-corrected chi connectivity index (χ2v) is 12.9. The molecule has 0 amide bonds. The molecule has 0 N–H and O–H groups in total. The van der Waals surface area contributed by atoms with Crippen molar-refractivity contribution in [3.05, 3.63) is 188 Å². The van der Waals surface area contributed by atoms with Gasteiger partial charge in [-0.05, 0) is 102 Å². The van der Waals surface area contributed by atoms with Gasteiger partial charge in [0.05, 0.1) is 11.0 Å². The van der Waals surface area contributed by atoms with Gasteiger partial charge >= 0.3 is 0 Å². The molecule has 0 unspecified atom stereocenters. The maximum atomic E-state index is 2.39. The van der Waals surface area contributed by atoms with E-state index in [1.54, 1.807) is 0 Å². The molecule has 228 valence electrons. The van der Waals surface area contributed by atoms with Crippen LogP contribution in [0.3, 0.4) is 0 Å². The van der Waals surface area contributed by atoms with E-state index in [4.69, 9.17) is 0 Å². The average molecular weight is 622 g/mol. The van der Waals surface area contributed by atoms with E-state index in [1.807, 2.05) is 0 Å². The molecule has 0 bridgehead atoms. The van der Waals surface area contributed by atoms with Gasteiger partial charge < -0.3 is 4.57 Å². The van der Waals surface area contributed by atoms with Crippen LogP contribution in [0.5, 0.6) is 0 Å². The van der Waals surface area contributed by atoms with Gasteiger partial charge in [-0.15, -0.1) is 0 Å². The Morgan fingerprint density at radius 3 is 1.27 bits per heavy atom. The molecule has 1 aromatic heterocycles. The minimum atomic E-state index is 1.16. The first kappa shape index (κ1) is 27.7. The Kier molecular flexibility index (Phi) is 6.25. The first-order chi connectivity index (χ1) is 24.3. The van der Waals surface area contributed by atoms with Gasteiger partial charge in [0.25, 0.3) is 0 Å². The fourth-order valence-electron chi connectivity index (χ4n) is 8.01. The van der Waals surface area contributed by atoms with Gasteiger partial charge in [-0.25, -0.2) is 0 Å². The third-order valence-electron chi connectivity index (χ3n) is 10.2. The van der Waals surface area contributed by atoms with E-state index in [0.717, 1.165) is 5.69 Å². The van der Waals surface area contributed by atoms with Gasteiger partial charge in [-0.2, -0.15) is 0 Å². The molecule has 0 saturated carbocycles. The van der Waals surface area contributed by atoms with Crippen molar-refractivity contribution >= 4 is 54.1 Å². The molecule has 10 aromatic rings. The highest BCUT2D eigenvalue weighted by atomic mass is 15.0. The molecule has 49 heavy (non-hydrogen) atoms. The molecule has 0 aliphatic heterocycles. The highest BCUT2D eigenvalue weighted by Crippen LogP contribution is 2.47. The maximum Gasteiger partial charge on any atom is 0.0541 e. The zero-order valence-electron chi connectivity index (χ0n) is 26.8. The van der Waals surface area contributed by atoms with Crippen LogP contribution in [-0.2, 0) is 0 Å². The number of hydrogen-bond donors (Lipinski definition) is 0. The third-order valence-corrected chi connectivity index (χ3v) is 10.2. The lowest BCUT2D eigenvalue weighted by Crippen LogP contribution is -1.95. The van der Waals surface area contributed by atoms with Gasteiger partial charge in [0, 0.05) is 16.5 Å². The first-order valence-corrected chi connectivity index (χ1v) is 16.9. The van der Waals surface area contributed by atoms with E-state index in [0.29, 0.717) is 0 Å². The average Bonchev–Trinajstić information content (AvgIpc) is 3.51. The number of rotatable bonds is 4. The van der Waals surface area contributed by atoms with Crippen molar-refractivity contribution in [2.24, 2.45) is 0 Å². The van der Waals surface area contributed by atoms with E-state index >= 15 is 0 Å². The van der Waals surface area contributed by atoms with Crippen molar-refractivity contribution in [2.75, 3.05) is 0 Å². The van der Waals surface area contributed by atoms with Crippen LogP contribution in [0.1, 0.15) is 0 Å². The van der Waals surface area contributed by atoms with E-state index in [9.17, 15) is 0 Å². The minimum Gasteiger partial charge on any atom is -0.309 e. The zero-order chi connectivity index (χ0) is 32.3. The summed E-state index contributed by atoms with van der Waals surface area (Å²) in [6, 6.07) is 68.8. The van der Waals surface area contributed by atoms with Crippen molar-refractivity contribution in [1.29, 1.82) is 0 Å². The molecule has 0 radical (unpaired) electrons. The molecule has 1 nitrogen and oxygen atoms in total. The van der Waals surface area contributed by atoms with Gasteiger partial charge in [-0.3, -0.25) is 0 Å². The molecular weight excluding hydrogens is 591 g/mol. The smallest absolute Gasteiger partial charge is 0.0541 e. The lowest BCUT2D eigenvalue weighted by atomic mass is 9.83. The molecule has 0 atom stereocenters. The number of nitrogens with zero attached hydrogens (tertiary/aromatic N) is 1. The first-order valence-electron chi connectivity index (χ1n) is 16.9. The molecule has 0 aliphatic carbocycles. The maximum absolute atomic E-state index is 2.39. The van der Waals surface area contributed by atoms with Crippen LogP contribution in [0.2, 0.25) is 0 Å². The van der Waals surface area contributed by atoms with E-state index in [-0.39, 0.29) is 0 Å². The molecular formula is C48H31N. The summed E-state index contributed by atoms with van der Waals surface area (Å²) in [7, 11) is 0. The van der Waals surface area contributed by atoms with E-state index in [1.165, 1.54) is 87.5 Å². The van der Waals surface area contributed by atoms with Crippen LogP contribution in [0, 0.1) is 0 Å². The van der Waals surface area contributed by atoms with Gasteiger partial charge in [0.15, 0.2) is 0 Å². The lowest BCUT2D eigenvalue weighted by molar-refractivity contribution is 1.18. The summed E-state index contributed by atoms with van der Waals surface area (Å²) in [5, 5.41) is 10.1. The molecule has 0 fully saturated rings.